The molecule has 1 aromatic rings. The summed E-state index contributed by atoms with van der Waals surface area (Å²) in [6.07, 6.45) is 10.9. The Bertz CT molecular complexity index is 569. The summed E-state index contributed by atoms with van der Waals surface area (Å²) in [7, 11) is 0. The molecule has 0 radical (unpaired) electrons. The predicted molar refractivity (Wildman–Crippen MR) is 116 cm³/mol. The number of amides is 1. The van der Waals surface area contributed by atoms with Crippen molar-refractivity contribution in [1.82, 2.24) is 0 Å². The smallest absolute Gasteiger partial charge is 0.284 e. The second-order valence-electron chi connectivity index (χ2n) is 8.10. The van der Waals surface area contributed by atoms with Gasteiger partial charge in [0.1, 0.15) is 0 Å². The second-order valence-corrected chi connectivity index (χ2v) is 9.31. The minimum atomic E-state index is 0.0386. The van der Waals surface area contributed by atoms with Gasteiger partial charge in [-0.3, -0.25) is 4.79 Å². The van der Waals surface area contributed by atoms with Crippen molar-refractivity contribution in [3.05, 3.63) is 42.5 Å². The molecule has 2 nitrogen and oxygen atoms in total. The highest BCUT2D eigenvalue weighted by molar-refractivity contribution is 8.14. The molecule has 4 atom stereocenters. The number of benzene rings is 1. The number of thioether (sulfide) groups is 1. The largest absolute Gasteiger partial charge is 0.317 e. The summed E-state index contributed by atoms with van der Waals surface area (Å²) in [6.45, 7) is 9.28. The molecule has 0 bridgehead atoms. The zero-order valence-electron chi connectivity index (χ0n) is 16.8. The van der Waals surface area contributed by atoms with E-state index in [2.05, 4.69) is 45.2 Å². The van der Waals surface area contributed by atoms with E-state index < -0.39 is 0 Å². The molecule has 0 saturated heterocycles. The average Bonchev–Trinajstić information content (AvgIpc) is 2.60. The van der Waals surface area contributed by atoms with Crippen LogP contribution in [0.3, 0.4) is 0 Å². The van der Waals surface area contributed by atoms with Crippen molar-refractivity contribution >= 4 is 22.7 Å². The van der Waals surface area contributed by atoms with Gasteiger partial charge in [-0.05, 0) is 55.1 Å². The van der Waals surface area contributed by atoms with Gasteiger partial charge in [0.15, 0.2) is 0 Å². The van der Waals surface area contributed by atoms with Gasteiger partial charge in [-0.1, -0.05) is 82.6 Å². The van der Waals surface area contributed by atoms with Crippen LogP contribution in [-0.2, 0) is 0 Å². The van der Waals surface area contributed by atoms with Crippen LogP contribution in [0.25, 0.3) is 0 Å². The van der Waals surface area contributed by atoms with Crippen LogP contribution in [0.2, 0.25) is 0 Å². The van der Waals surface area contributed by atoms with E-state index >= 15 is 0 Å². The normalized spacial score (nSPS) is 24.7. The van der Waals surface area contributed by atoms with Crippen molar-refractivity contribution in [2.75, 3.05) is 5.32 Å². The highest BCUT2D eigenvalue weighted by Crippen LogP contribution is 2.39. The van der Waals surface area contributed by atoms with Gasteiger partial charge in [0.2, 0.25) is 0 Å². The van der Waals surface area contributed by atoms with Crippen LogP contribution in [0, 0.1) is 23.7 Å². The summed E-state index contributed by atoms with van der Waals surface area (Å²) < 4.78 is 0. The Labute approximate surface area is 164 Å². The maximum Gasteiger partial charge on any atom is 0.284 e. The lowest BCUT2D eigenvalue weighted by Gasteiger charge is -2.36. The molecule has 0 unspecified atom stereocenters. The van der Waals surface area contributed by atoms with Crippen LogP contribution in [-0.4, -0.2) is 10.5 Å². The van der Waals surface area contributed by atoms with Gasteiger partial charge in [-0.15, -0.1) is 0 Å². The maximum atomic E-state index is 12.4. The van der Waals surface area contributed by atoms with Gasteiger partial charge >= 0.3 is 0 Å². The summed E-state index contributed by atoms with van der Waals surface area (Å²) >= 11 is 1.43. The van der Waals surface area contributed by atoms with Gasteiger partial charge in [-0.2, -0.15) is 0 Å². The third-order valence-corrected chi connectivity index (χ3v) is 6.51. The van der Waals surface area contributed by atoms with Crippen LogP contribution in [0.4, 0.5) is 10.5 Å². The number of rotatable bonds is 7. The molecule has 1 amide bonds. The van der Waals surface area contributed by atoms with Crippen molar-refractivity contribution in [3.63, 3.8) is 0 Å². The molecule has 26 heavy (non-hydrogen) atoms. The summed E-state index contributed by atoms with van der Waals surface area (Å²) in [5.74, 6) is 3.00. The van der Waals surface area contributed by atoms with Crippen LogP contribution < -0.4 is 5.32 Å². The molecule has 1 saturated carbocycles. The Hall–Kier alpha value is -1.22. The standard InChI is InChI=1S/C23H35NOS/c1-5-9-21(26-23(25)24-20-10-7-6-8-11-20)14-13-19-16-18(4)12-15-22(19)17(2)3/h6-8,10-11,13-14,17-19,21-22H,5,9,12,15-16H2,1-4H3,(H,24,25)/b14-13+/t18-,19-,21+,22+/m1/s1. The third kappa shape index (κ3) is 6.83. The highest BCUT2D eigenvalue weighted by atomic mass is 32.2. The Kier molecular flexibility index (Phi) is 8.77. The van der Waals surface area contributed by atoms with Crippen molar-refractivity contribution < 1.29 is 4.79 Å². The fourth-order valence-electron chi connectivity index (χ4n) is 4.05. The molecule has 1 N–H and O–H groups in total. The van der Waals surface area contributed by atoms with E-state index in [0.29, 0.717) is 5.92 Å². The molecule has 0 spiro atoms. The molecule has 0 heterocycles. The Morgan fingerprint density at radius 1 is 1.27 bits per heavy atom. The quantitative estimate of drug-likeness (QED) is 0.505. The van der Waals surface area contributed by atoms with Crippen LogP contribution in [0.15, 0.2) is 42.5 Å². The van der Waals surface area contributed by atoms with E-state index in [4.69, 9.17) is 0 Å². The SMILES string of the molecule is CCC[C@@H](/C=C/[C@@H]1C[C@H](C)CC[C@H]1C(C)C)SC(=O)Nc1ccccc1. The summed E-state index contributed by atoms with van der Waals surface area (Å²) in [5, 5.41) is 3.29. The van der Waals surface area contributed by atoms with Crippen LogP contribution in [0.5, 0.6) is 0 Å². The van der Waals surface area contributed by atoms with Gasteiger partial charge < -0.3 is 5.32 Å². The van der Waals surface area contributed by atoms with Crippen LogP contribution in [0.1, 0.15) is 59.8 Å². The first-order valence-corrected chi connectivity index (χ1v) is 11.1. The van der Waals surface area contributed by atoms with Crippen molar-refractivity contribution in [2.24, 2.45) is 23.7 Å². The van der Waals surface area contributed by atoms with Crippen molar-refractivity contribution in [1.29, 1.82) is 0 Å². The molecule has 0 aromatic heterocycles. The van der Waals surface area contributed by atoms with Crippen molar-refractivity contribution in [3.8, 4) is 0 Å². The first-order valence-electron chi connectivity index (χ1n) is 10.2. The summed E-state index contributed by atoms with van der Waals surface area (Å²) in [5.41, 5.74) is 0.866. The van der Waals surface area contributed by atoms with Gasteiger partial charge in [-0.25, -0.2) is 0 Å². The first-order chi connectivity index (χ1) is 12.5. The van der Waals surface area contributed by atoms with E-state index in [0.717, 1.165) is 36.3 Å². The monoisotopic (exact) mass is 373 g/mol. The molecule has 2 rings (SSSR count). The van der Waals surface area contributed by atoms with E-state index in [1.165, 1.54) is 31.0 Å². The maximum absolute atomic E-state index is 12.4. The van der Waals surface area contributed by atoms with E-state index in [1.54, 1.807) is 0 Å². The Balaban J connectivity index is 1.97. The molecule has 3 heteroatoms. The van der Waals surface area contributed by atoms with E-state index in [-0.39, 0.29) is 10.5 Å². The molecule has 144 valence electrons. The van der Waals surface area contributed by atoms with Gasteiger partial charge in [0.25, 0.3) is 5.24 Å². The number of allylic oxidation sites excluding steroid dienone is 1. The van der Waals surface area contributed by atoms with E-state index in [9.17, 15) is 4.79 Å². The lowest BCUT2D eigenvalue weighted by atomic mass is 9.70. The molecular formula is C23H35NOS. The fraction of sp³-hybridized carbons (Fsp3) is 0.609. The molecule has 1 aliphatic rings. The number of nitrogens with one attached hydrogen (secondary N) is 1. The minimum Gasteiger partial charge on any atom is -0.317 e. The number of para-hydroxylation sites is 1. The topological polar surface area (TPSA) is 29.1 Å². The molecule has 1 aromatic carbocycles. The first kappa shape index (κ1) is 21.1. The lowest BCUT2D eigenvalue weighted by molar-refractivity contribution is 0.178. The number of carbonyl (C=O) groups excluding carboxylic acids is 1. The Morgan fingerprint density at radius 2 is 2.00 bits per heavy atom. The van der Waals surface area contributed by atoms with Gasteiger partial charge in [0.05, 0.1) is 0 Å². The fourth-order valence-corrected chi connectivity index (χ4v) is 5.02. The zero-order valence-corrected chi connectivity index (χ0v) is 17.6. The lowest BCUT2D eigenvalue weighted by Crippen LogP contribution is -2.26. The molecule has 1 fully saturated rings. The van der Waals surface area contributed by atoms with E-state index in [1.807, 2.05) is 30.3 Å². The number of hydrogen-bond donors (Lipinski definition) is 1. The summed E-state index contributed by atoms with van der Waals surface area (Å²) in [4.78, 5) is 12.4. The predicted octanol–water partition coefficient (Wildman–Crippen LogP) is 7.39. The third-order valence-electron chi connectivity index (χ3n) is 5.50. The Morgan fingerprint density at radius 3 is 2.65 bits per heavy atom. The number of anilines is 1. The minimum absolute atomic E-state index is 0.0386. The zero-order chi connectivity index (χ0) is 18.9. The number of carbonyl (C=O) groups is 1. The average molecular weight is 374 g/mol. The molecule has 1 aliphatic carbocycles. The molecule has 0 aliphatic heterocycles. The second kappa shape index (κ2) is 10.8. The van der Waals surface area contributed by atoms with Crippen LogP contribution >= 0.6 is 11.8 Å². The summed E-state index contributed by atoms with van der Waals surface area (Å²) in [6, 6.07) is 9.71. The van der Waals surface area contributed by atoms with Gasteiger partial charge in [0, 0.05) is 10.9 Å². The number of hydrogen-bond acceptors (Lipinski definition) is 2. The molecular weight excluding hydrogens is 338 g/mol. The van der Waals surface area contributed by atoms with Crippen molar-refractivity contribution in [2.45, 2.75) is 65.0 Å². The highest BCUT2D eigenvalue weighted by Gasteiger charge is 2.29.